The van der Waals surface area contributed by atoms with Gasteiger partial charge in [-0.1, -0.05) is 18.2 Å². The summed E-state index contributed by atoms with van der Waals surface area (Å²) in [5.41, 5.74) is 4.32. The largest absolute Gasteiger partial charge is 0.451 e. The molecule has 0 aliphatic heterocycles. The van der Waals surface area contributed by atoms with E-state index in [1.165, 1.54) is 24.0 Å². The van der Waals surface area contributed by atoms with Crippen molar-refractivity contribution in [2.75, 3.05) is 6.61 Å². The van der Waals surface area contributed by atoms with E-state index in [0.717, 1.165) is 18.4 Å². The number of hydrogen-bond donors (Lipinski definition) is 1. The van der Waals surface area contributed by atoms with Crippen molar-refractivity contribution in [2.45, 2.75) is 38.6 Å². The van der Waals surface area contributed by atoms with Crippen molar-refractivity contribution in [2.24, 2.45) is 7.05 Å². The van der Waals surface area contributed by atoms with Gasteiger partial charge in [-0.15, -0.1) is 0 Å². The number of aromatic nitrogens is 1. The topological polar surface area (TPSA) is 60.3 Å². The second-order valence-electron chi connectivity index (χ2n) is 6.60. The third kappa shape index (κ3) is 4.10. The Balaban J connectivity index is 1.54. The Morgan fingerprint density at radius 3 is 2.68 bits per heavy atom. The molecule has 1 aliphatic carbocycles. The lowest BCUT2D eigenvalue weighted by Gasteiger charge is -2.20. The molecule has 0 fully saturated rings. The molecule has 5 nitrogen and oxygen atoms in total. The number of aryl methyl sites for hydroxylation is 3. The van der Waals surface area contributed by atoms with Gasteiger partial charge < -0.3 is 14.6 Å². The molecule has 0 radical (unpaired) electrons. The zero-order valence-electron chi connectivity index (χ0n) is 14.7. The first-order chi connectivity index (χ1) is 12.0. The van der Waals surface area contributed by atoms with Crippen molar-refractivity contribution in [3.63, 3.8) is 0 Å². The Morgan fingerprint density at radius 1 is 1.20 bits per heavy atom. The predicted octanol–water partition coefficient (Wildman–Crippen LogP) is 2.94. The molecule has 1 aliphatic rings. The van der Waals surface area contributed by atoms with E-state index in [1.54, 1.807) is 29.9 Å². The van der Waals surface area contributed by atoms with Gasteiger partial charge in [0.05, 0.1) is 6.04 Å². The van der Waals surface area contributed by atoms with E-state index in [1.807, 2.05) is 6.92 Å². The molecule has 25 heavy (non-hydrogen) atoms. The third-order valence-corrected chi connectivity index (χ3v) is 4.74. The normalized spacial score (nSPS) is 14.5. The number of ether oxygens (including phenoxy) is 1. The molecule has 1 amide bonds. The Morgan fingerprint density at radius 2 is 1.96 bits per heavy atom. The molecule has 0 unspecified atom stereocenters. The highest BCUT2D eigenvalue weighted by Gasteiger charge is 2.16. The van der Waals surface area contributed by atoms with Crippen LogP contribution in [0.25, 0.3) is 0 Å². The van der Waals surface area contributed by atoms with Crippen molar-refractivity contribution in [3.8, 4) is 0 Å². The number of nitrogens with zero attached hydrogens (tertiary/aromatic N) is 1. The number of benzene rings is 1. The molecular formula is C20H24N2O3. The van der Waals surface area contributed by atoms with Crippen molar-refractivity contribution >= 4 is 11.9 Å². The Labute approximate surface area is 148 Å². The van der Waals surface area contributed by atoms with Gasteiger partial charge >= 0.3 is 5.97 Å². The van der Waals surface area contributed by atoms with Crippen LogP contribution < -0.4 is 5.32 Å². The molecule has 0 bridgehead atoms. The Kier molecular flexibility index (Phi) is 5.22. The van der Waals surface area contributed by atoms with Crippen LogP contribution in [-0.4, -0.2) is 23.1 Å². The second kappa shape index (κ2) is 7.55. The zero-order chi connectivity index (χ0) is 17.8. The molecule has 1 atom stereocenters. The maximum absolute atomic E-state index is 12.1. The molecule has 1 aromatic heterocycles. The van der Waals surface area contributed by atoms with Crippen LogP contribution in [0.5, 0.6) is 0 Å². The average Bonchev–Trinajstić information content (AvgIpc) is 3.05. The standard InChI is InChI=1S/C20H24N2O3/c1-14(16-10-9-15-6-3-4-7-17(15)12-16)21-19(23)13-25-20(24)18-8-5-11-22(18)2/h5,8-12,14H,3-4,6-7,13H2,1-2H3,(H,21,23)/t14-/m1/s1. The van der Waals surface area contributed by atoms with E-state index in [9.17, 15) is 9.59 Å². The summed E-state index contributed by atoms with van der Waals surface area (Å²) in [7, 11) is 1.76. The van der Waals surface area contributed by atoms with E-state index < -0.39 is 5.97 Å². The Hall–Kier alpha value is -2.56. The maximum Gasteiger partial charge on any atom is 0.355 e. The molecule has 132 valence electrons. The average molecular weight is 340 g/mol. The number of esters is 1. The Bertz CT molecular complexity index is 779. The van der Waals surface area contributed by atoms with Gasteiger partial charge in [0, 0.05) is 13.2 Å². The highest BCUT2D eigenvalue weighted by atomic mass is 16.5. The fourth-order valence-electron chi connectivity index (χ4n) is 3.27. The molecule has 1 heterocycles. The van der Waals surface area contributed by atoms with Gasteiger partial charge in [0.15, 0.2) is 6.61 Å². The van der Waals surface area contributed by atoms with E-state index >= 15 is 0 Å². The molecule has 5 heteroatoms. The van der Waals surface area contributed by atoms with Crippen molar-refractivity contribution in [3.05, 3.63) is 58.9 Å². The monoisotopic (exact) mass is 340 g/mol. The quantitative estimate of drug-likeness (QED) is 0.851. The van der Waals surface area contributed by atoms with Crippen LogP contribution in [0.4, 0.5) is 0 Å². The summed E-state index contributed by atoms with van der Waals surface area (Å²) < 4.78 is 6.75. The predicted molar refractivity (Wildman–Crippen MR) is 95.3 cm³/mol. The summed E-state index contributed by atoms with van der Waals surface area (Å²) in [5, 5.41) is 2.90. The van der Waals surface area contributed by atoms with Gasteiger partial charge in [-0.3, -0.25) is 4.79 Å². The van der Waals surface area contributed by atoms with Gasteiger partial charge in [-0.05, 0) is 61.4 Å². The molecule has 3 rings (SSSR count). The SMILES string of the molecule is C[C@@H](NC(=O)COC(=O)c1cccn1C)c1ccc2c(c1)CCCC2. The zero-order valence-corrected chi connectivity index (χ0v) is 14.7. The molecule has 0 saturated carbocycles. The number of nitrogens with one attached hydrogen (secondary N) is 1. The van der Waals surface area contributed by atoms with Crippen LogP contribution in [0.15, 0.2) is 36.5 Å². The van der Waals surface area contributed by atoms with Crippen molar-refractivity contribution in [1.29, 1.82) is 0 Å². The highest BCUT2D eigenvalue weighted by Crippen LogP contribution is 2.24. The van der Waals surface area contributed by atoms with E-state index in [-0.39, 0.29) is 18.6 Å². The summed E-state index contributed by atoms with van der Waals surface area (Å²) in [6.07, 6.45) is 6.50. The fourth-order valence-corrected chi connectivity index (χ4v) is 3.27. The minimum atomic E-state index is -0.496. The number of fused-ring (bicyclic) bond motifs is 1. The number of rotatable bonds is 5. The van der Waals surface area contributed by atoms with Gasteiger partial charge in [-0.2, -0.15) is 0 Å². The fraction of sp³-hybridized carbons (Fsp3) is 0.400. The summed E-state index contributed by atoms with van der Waals surface area (Å²) in [5.74, 6) is -0.795. The highest BCUT2D eigenvalue weighted by molar-refractivity contribution is 5.90. The van der Waals surface area contributed by atoms with Crippen LogP contribution in [0.1, 0.15) is 53.0 Å². The second-order valence-corrected chi connectivity index (χ2v) is 6.60. The molecule has 0 saturated heterocycles. The summed E-state index contributed by atoms with van der Waals surface area (Å²) in [4.78, 5) is 24.0. The third-order valence-electron chi connectivity index (χ3n) is 4.74. The van der Waals surface area contributed by atoms with Crippen LogP contribution in [0.3, 0.4) is 0 Å². The maximum atomic E-state index is 12.1. The van der Waals surface area contributed by atoms with E-state index in [2.05, 4.69) is 23.5 Å². The molecule has 0 spiro atoms. The summed E-state index contributed by atoms with van der Waals surface area (Å²) in [6, 6.07) is 9.74. The molecular weight excluding hydrogens is 316 g/mol. The molecule has 1 aromatic carbocycles. The first-order valence-corrected chi connectivity index (χ1v) is 8.74. The van der Waals surface area contributed by atoms with Crippen LogP contribution in [0.2, 0.25) is 0 Å². The number of carbonyl (C=O) groups is 2. The first kappa shape index (κ1) is 17.3. The van der Waals surface area contributed by atoms with E-state index in [0.29, 0.717) is 5.69 Å². The van der Waals surface area contributed by atoms with Gasteiger partial charge in [0.2, 0.25) is 0 Å². The number of carbonyl (C=O) groups excluding carboxylic acids is 2. The van der Waals surface area contributed by atoms with Crippen LogP contribution >= 0.6 is 0 Å². The smallest absolute Gasteiger partial charge is 0.355 e. The number of amides is 1. The lowest BCUT2D eigenvalue weighted by atomic mass is 9.89. The van der Waals surface area contributed by atoms with E-state index in [4.69, 9.17) is 4.74 Å². The minimum Gasteiger partial charge on any atom is -0.451 e. The first-order valence-electron chi connectivity index (χ1n) is 8.74. The minimum absolute atomic E-state index is 0.117. The lowest BCUT2D eigenvalue weighted by Crippen LogP contribution is -2.31. The lowest BCUT2D eigenvalue weighted by molar-refractivity contribution is -0.124. The van der Waals surface area contributed by atoms with Gasteiger partial charge in [-0.25, -0.2) is 4.79 Å². The van der Waals surface area contributed by atoms with Gasteiger partial charge in [0.1, 0.15) is 5.69 Å². The summed E-state index contributed by atoms with van der Waals surface area (Å²) >= 11 is 0. The van der Waals surface area contributed by atoms with Crippen molar-refractivity contribution < 1.29 is 14.3 Å². The molecule has 2 aromatic rings. The van der Waals surface area contributed by atoms with Crippen LogP contribution in [-0.2, 0) is 29.4 Å². The van der Waals surface area contributed by atoms with Crippen LogP contribution in [0, 0.1) is 0 Å². The van der Waals surface area contributed by atoms with Crippen molar-refractivity contribution in [1.82, 2.24) is 9.88 Å². The number of hydrogen-bond acceptors (Lipinski definition) is 3. The molecule has 1 N–H and O–H groups in total. The van der Waals surface area contributed by atoms with Gasteiger partial charge in [0.25, 0.3) is 5.91 Å². The summed E-state index contributed by atoms with van der Waals surface area (Å²) in [6.45, 7) is 1.67.